The molecule has 7 aromatic carbocycles. The van der Waals surface area contributed by atoms with Crippen LogP contribution in [0.2, 0.25) is 0 Å². The van der Waals surface area contributed by atoms with Gasteiger partial charge in [-0.25, -0.2) is 0 Å². The number of nitrogens with zero attached hydrogens (tertiary/aromatic N) is 1. The highest BCUT2D eigenvalue weighted by Gasteiger charge is 2.46. The second-order valence-electron chi connectivity index (χ2n) is 12.4. The second-order valence-corrected chi connectivity index (χ2v) is 15.0. The Bertz CT molecular complexity index is 2180. The molecule has 0 N–H and O–H groups in total. The summed E-state index contributed by atoms with van der Waals surface area (Å²) in [5, 5.41) is 0.323. The van der Waals surface area contributed by atoms with E-state index in [1.165, 1.54) is 76.8 Å². The van der Waals surface area contributed by atoms with Crippen LogP contribution in [0.15, 0.2) is 180 Å². The molecule has 4 heteroatoms. The lowest BCUT2D eigenvalue weighted by atomic mass is 9.62. The largest absolute Gasteiger partial charge is 0.318 e. The highest BCUT2D eigenvalue weighted by molar-refractivity contribution is 8.56. The van der Waals surface area contributed by atoms with Crippen molar-refractivity contribution in [3.05, 3.63) is 192 Å². The first kappa shape index (κ1) is 27.2. The molecule has 1 nitrogen and oxygen atoms in total. The van der Waals surface area contributed by atoms with Gasteiger partial charge in [0.05, 0.1) is 16.8 Å². The van der Waals surface area contributed by atoms with Crippen LogP contribution in [0.1, 0.15) is 22.3 Å². The molecule has 3 aliphatic heterocycles. The molecule has 0 fully saturated rings. The Hall–Kier alpha value is -4.90. The average molecular weight is 634 g/mol. The molecule has 0 bridgehead atoms. The third kappa shape index (κ3) is 3.89. The quantitative estimate of drug-likeness (QED) is 0.178. The lowest BCUT2D eigenvalue weighted by Crippen LogP contribution is -2.38. The van der Waals surface area contributed by atoms with Crippen LogP contribution < -0.4 is 10.4 Å². The Morgan fingerprint density at radius 2 is 0.851 bits per heavy atom. The van der Waals surface area contributed by atoms with Crippen molar-refractivity contribution in [1.29, 1.82) is 0 Å². The van der Waals surface area contributed by atoms with E-state index in [0.29, 0.717) is 5.27 Å². The van der Waals surface area contributed by atoms with E-state index in [9.17, 15) is 0 Å². The zero-order valence-electron chi connectivity index (χ0n) is 25.5. The molecule has 0 aromatic heterocycles. The van der Waals surface area contributed by atoms with Crippen LogP contribution in [0.25, 0.3) is 22.3 Å². The molecule has 47 heavy (non-hydrogen) atoms. The molecule has 0 atom stereocenters. The Labute approximate surface area is 284 Å². The molecule has 7 aromatic rings. The van der Waals surface area contributed by atoms with Gasteiger partial charge < -0.3 is 4.90 Å². The number of fused-ring (bicyclic) bond motifs is 6. The van der Waals surface area contributed by atoms with Gasteiger partial charge in [0, 0.05) is 15.5 Å². The summed E-state index contributed by atoms with van der Waals surface area (Å²) in [7, 11) is 0. The van der Waals surface area contributed by atoms with Crippen molar-refractivity contribution >= 4 is 51.0 Å². The number of benzene rings is 7. The van der Waals surface area contributed by atoms with Gasteiger partial charge >= 0.3 is 5.27 Å². The third-order valence-electron chi connectivity index (χ3n) is 9.99. The molecular formula is C43H28BNS2. The Morgan fingerprint density at radius 1 is 0.426 bits per heavy atom. The zero-order valence-corrected chi connectivity index (χ0v) is 27.1. The van der Waals surface area contributed by atoms with E-state index < -0.39 is 5.41 Å². The van der Waals surface area contributed by atoms with Gasteiger partial charge in [-0.1, -0.05) is 133 Å². The van der Waals surface area contributed by atoms with Crippen molar-refractivity contribution in [2.75, 3.05) is 4.90 Å². The van der Waals surface area contributed by atoms with E-state index in [4.69, 9.17) is 0 Å². The predicted octanol–water partition coefficient (Wildman–Crippen LogP) is 11.1. The van der Waals surface area contributed by atoms with Crippen molar-refractivity contribution in [2.24, 2.45) is 0 Å². The Morgan fingerprint density at radius 3 is 1.36 bits per heavy atom. The molecule has 0 spiro atoms. The van der Waals surface area contributed by atoms with Gasteiger partial charge in [-0.2, -0.15) is 23.2 Å². The zero-order chi connectivity index (χ0) is 31.0. The van der Waals surface area contributed by atoms with Crippen LogP contribution >= 0.6 is 23.2 Å². The molecule has 0 unspecified atom stereocenters. The smallest absolute Gasteiger partial charge is 0.310 e. The first-order chi connectivity index (χ1) is 23.3. The van der Waals surface area contributed by atoms with Gasteiger partial charge in [-0.05, 0) is 86.4 Å². The first-order valence-corrected chi connectivity index (χ1v) is 17.9. The summed E-state index contributed by atoms with van der Waals surface area (Å²) in [5.74, 6) is 0. The van der Waals surface area contributed by atoms with Crippen molar-refractivity contribution in [3.63, 3.8) is 0 Å². The Balaban J connectivity index is 1.30. The minimum Gasteiger partial charge on any atom is -0.310 e. The summed E-state index contributed by atoms with van der Waals surface area (Å²) >= 11 is 3.98. The first-order valence-electron chi connectivity index (χ1n) is 16.1. The van der Waals surface area contributed by atoms with Crippen molar-refractivity contribution in [2.45, 2.75) is 15.2 Å². The second kappa shape index (κ2) is 10.6. The van der Waals surface area contributed by atoms with E-state index in [1.54, 1.807) is 0 Å². The van der Waals surface area contributed by atoms with E-state index in [1.807, 2.05) is 23.2 Å². The number of hydrogen-bond acceptors (Lipinski definition) is 3. The normalized spacial score (nSPS) is 14.7. The van der Waals surface area contributed by atoms with Gasteiger partial charge in [0.15, 0.2) is 0 Å². The van der Waals surface area contributed by atoms with Crippen LogP contribution in [0.4, 0.5) is 17.1 Å². The van der Waals surface area contributed by atoms with Crippen LogP contribution in [0.5, 0.6) is 0 Å². The number of anilines is 3. The predicted molar refractivity (Wildman–Crippen MR) is 201 cm³/mol. The summed E-state index contributed by atoms with van der Waals surface area (Å²) in [4.78, 5) is 5.23. The fourth-order valence-corrected chi connectivity index (χ4v) is 11.1. The van der Waals surface area contributed by atoms with Gasteiger partial charge in [0.2, 0.25) is 0 Å². The van der Waals surface area contributed by atoms with E-state index in [0.717, 1.165) is 0 Å². The number of hydrogen-bond donors (Lipinski definition) is 0. The number of rotatable bonds is 3. The minimum absolute atomic E-state index is 0.323. The summed E-state index contributed by atoms with van der Waals surface area (Å²) in [6.45, 7) is 0. The lowest BCUT2D eigenvalue weighted by molar-refractivity contribution is 0.731. The van der Waals surface area contributed by atoms with Gasteiger partial charge in [0.1, 0.15) is 0 Å². The maximum absolute atomic E-state index is 2.52. The summed E-state index contributed by atoms with van der Waals surface area (Å²) in [6.07, 6.45) is 0. The van der Waals surface area contributed by atoms with Crippen LogP contribution in [-0.4, -0.2) is 5.27 Å². The summed E-state index contributed by atoms with van der Waals surface area (Å²) in [6, 6.07) is 63.0. The maximum atomic E-state index is 2.52. The molecule has 0 aliphatic carbocycles. The number of para-hydroxylation sites is 2. The SMILES string of the molecule is c1ccc(C2(c3ccccc3)c3ccccc3N(c3cc4c5c(c3)-c3ccccc3SB5Sc3ccccc3-4)c3ccccc32)cc1. The minimum atomic E-state index is -0.480. The fraction of sp³-hybridized carbons (Fsp3) is 0.0233. The van der Waals surface area contributed by atoms with Gasteiger partial charge in [0.25, 0.3) is 0 Å². The van der Waals surface area contributed by atoms with E-state index in [2.05, 4.69) is 175 Å². The molecule has 0 saturated heterocycles. The highest BCUT2D eigenvalue weighted by Crippen LogP contribution is 2.59. The van der Waals surface area contributed by atoms with E-state index >= 15 is 0 Å². The van der Waals surface area contributed by atoms with Gasteiger partial charge in [-0.15, -0.1) is 0 Å². The summed E-state index contributed by atoms with van der Waals surface area (Å²) < 4.78 is 0. The maximum Gasteiger partial charge on any atom is 0.318 e. The van der Waals surface area contributed by atoms with Crippen LogP contribution in [-0.2, 0) is 5.41 Å². The molecule has 0 radical (unpaired) electrons. The molecule has 220 valence electrons. The molecule has 3 aliphatic rings. The summed E-state index contributed by atoms with van der Waals surface area (Å²) in [5.41, 5.74) is 15.0. The average Bonchev–Trinajstić information content (AvgIpc) is 3.14. The third-order valence-corrected chi connectivity index (χ3v) is 12.7. The molecule has 0 amide bonds. The van der Waals surface area contributed by atoms with E-state index in [-0.39, 0.29) is 0 Å². The Kier molecular flexibility index (Phi) is 6.12. The topological polar surface area (TPSA) is 3.24 Å². The van der Waals surface area contributed by atoms with Crippen LogP contribution in [0, 0.1) is 0 Å². The lowest BCUT2D eigenvalue weighted by Gasteiger charge is -2.46. The monoisotopic (exact) mass is 633 g/mol. The van der Waals surface area contributed by atoms with Crippen molar-refractivity contribution in [1.82, 2.24) is 0 Å². The van der Waals surface area contributed by atoms with Crippen molar-refractivity contribution in [3.8, 4) is 22.3 Å². The fourth-order valence-electron chi connectivity index (χ4n) is 8.11. The molecule has 10 rings (SSSR count). The molecule has 0 saturated carbocycles. The molecular weight excluding hydrogens is 605 g/mol. The molecule has 3 heterocycles. The highest BCUT2D eigenvalue weighted by atomic mass is 32.2. The van der Waals surface area contributed by atoms with Crippen molar-refractivity contribution < 1.29 is 0 Å². The van der Waals surface area contributed by atoms with Crippen LogP contribution in [0.3, 0.4) is 0 Å². The standard InChI is InChI=1S/C43H28BNS2/c1-3-15-29(16-4-1)43(30-17-5-2-6-18-30)36-21-9-11-23-38(36)45(39-24-12-10-22-37(39)43)31-27-34-32-19-7-13-25-40(32)46-44-42(34)35(28-31)33-20-8-14-26-41(33)47-44/h1-28H. The van der Waals surface area contributed by atoms with Gasteiger partial charge in [-0.3, -0.25) is 0 Å².